The number of amides is 1. The van der Waals surface area contributed by atoms with E-state index in [-0.39, 0.29) is 23.8 Å². The van der Waals surface area contributed by atoms with Gasteiger partial charge in [0.05, 0.1) is 0 Å². The van der Waals surface area contributed by atoms with Crippen LogP contribution in [0.5, 0.6) is 0 Å². The Kier molecular flexibility index (Phi) is 3.60. The molecule has 2 aliphatic rings. The number of carbonyl (C=O) groups excluding carboxylic acids is 1. The molecule has 2 rings (SSSR count). The van der Waals surface area contributed by atoms with E-state index >= 15 is 0 Å². The summed E-state index contributed by atoms with van der Waals surface area (Å²) in [7, 11) is 0. The summed E-state index contributed by atoms with van der Waals surface area (Å²) >= 11 is 0. The number of aliphatic carboxylic acids is 1. The molecule has 1 atom stereocenters. The highest BCUT2D eigenvalue weighted by Crippen LogP contribution is 2.59. The Bertz CT molecular complexity index is 381. The van der Waals surface area contributed by atoms with Gasteiger partial charge in [-0.05, 0) is 58.5 Å². The lowest BCUT2D eigenvalue weighted by Crippen LogP contribution is -2.49. The van der Waals surface area contributed by atoms with Crippen LogP contribution in [0.15, 0.2) is 0 Å². The van der Waals surface area contributed by atoms with Crippen molar-refractivity contribution in [2.45, 2.75) is 45.6 Å². The second kappa shape index (κ2) is 4.78. The molecule has 1 saturated carbocycles. The van der Waals surface area contributed by atoms with E-state index in [1.165, 1.54) is 4.90 Å². The van der Waals surface area contributed by atoms with Crippen molar-refractivity contribution in [3.8, 4) is 0 Å². The fourth-order valence-corrected chi connectivity index (χ4v) is 3.14. The Labute approximate surface area is 114 Å². The molecule has 0 aromatic heterocycles. The van der Waals surface area contributed by atoms with E-state index < -0.39 is 11.5 Å². The van der Waals surface area contributed by atoms with Gasteiger partial charge in [0.1, 0.15) is 6.54 Å². The number of nitrogens with zero attached hydrogens (tertiary/aromatic N) is 1. The average molecular weight is 268 g/mol. The van der Waals surface area contributed by atoms with Crippen molar-refractivity contribution < 1.29 is 14.7 Å². The standard InChI is InChI=1S/C14H24N2O3/c1-13(2,3)16(9-11(17)18)12(19)10-8-14(10)4-6-15-7-5-14/h10,15H,4-9H2,1-3H3,(H,17,18). The zero-order chi connectivity index (χ0) is 14.3. The van der Waals surface area contributed by atoms with Crippen LogP contribution in [0.2, 0.25) is 0 Å². The highest BCUT2D eigenvalue weighted by molar-refractivity contribution is 5.86. The monoisotopic (exact) mass is 268 g/mol. The zero-order valence-electron chi connectivity index (χ0n) is 12.0. The minimum atomic E-state index is -0.941. The Morgan fingerprint density at radius 1 is 1.32 bits per heavy atom. The highest BCUT2D eigenvalue weighted by Gasteiger charge is 2.59. The largest absolute Gasteiger partial charge is 0.480 e. The maximum absolute atomic E-state index is 12.6. The van der Waals surface area contributed by atoms with E-state index in [0.29, 0.717) is 0 Å². The first-order valence-corrected chi connectivity index (χ1v) is 7.00. The van der Waals surface area contributed by atoms with Crippen LogP contribution in [0.4, 0.5) is 0 Å². The van der Waals surface area contributed by atoms with Crippen molar-refractivity contribution in [1.82, 2.24) is 10.2 Å². The van der Waals surface area contributed by atoms with Crippen molar-refractivity contribution in [3.05, 3.63) is 0 Å². The van der Waals surface area contributed by atoms with Gasteiger partial charge in [0.2, 0.25) is 5.91 Å². The smallest absolute Gasteiger partial charge is 0.323 e. The summed E-state index contributed by atoms with van der Waals surface area (Å²) in [4.78, 5) is 25.1. The molecule has 0 radical (unpaired) electrons. The van der Waals surface area contributed by atoms with E-state index in [9.17, 15) is 9.59 Å². The topological polar surface area (TPSA) is 69.6 Å². The Morgan fingerprint density at radius 3 is 2.37 bits per heavy atom. The summed E-state index contributed by atoms with van der Waals surface area (Å²) < 4.78 is 0. The Morgan fingerprint density at radius 2 is 1.89 bits per heavy atom. The average Bonchev–Trinajstić information content (AvgIpc) is 2.98. The molecule has 1 heterocycles. The quantitative estimate of drug-likeness (QED) is 0.804. The molecule has 1 aliphatic carbocycles. The van der Waals surface area contributed by atoms with E-state index in [1.54, 1.807) is 0 Å². The number of carboxylic acid groups (broad SMARTS) is 1. The molecule has 19 heavy (non-hydrogen) atoms. The minimum Gasteiger partial charge on any atom is -0.480 e. The molecule has 5 heteroatoms. The van der Waals surface area contributed by atoms with Crippen molar-refractivity contribution in [2.24, 2.45) is 11.3 Å². The van der Waals surface area contributed by atoms with Gasteiger partial charge in [-0.2, -0.15) is 0 Å². The normalized spacial score (nSPS) is 25.1. The molecule has 2 fully saturated rings. The van der Waals surface area contributed by atoms with Crippen LogP contribution in [0.1, 0.15) is 40.0 Å². The first kappa shape index (κ1) is 14.3. The van der Waals surface area contributed by atoms with Gasteiger partial charge in [-0.15, -0.1) is 0 Å². The number of piperidine rings is 1. The lowest BCUT2D eigenvalue weighted by Gasteiger charge is -2.35. The van der Waals surface area contributed by atoms with Gasteiger partial charge in [-0.25, -0.2) is 0 Å². The second-order valence-corrected chi connectivity index (χ2v) is 6.86. The minimum absolute atomic E-state index is 0.0248. The van der Waals surface area contributed by atoms with Crippen LogP contribution in [0.25, 0.3) is 0 Å². The number of carboxylic acids is 1. The van der Waals surface area contributed by atoms with Crippen molar-refractivity contribution in [1.29, 1.82) is 0 Å². The molecule has 1 unspecified atom stereocenters. The maximum atomic E-state index is 12.6. The molecule has 5 nitrogen and oxygen atoms in total. The number of hydrogen-bond donors (Lipinski definition) is 2. The van der Waals surface area contributed by atoms with Crippen molar-refractivity contribution in [3.63, 3.8) is 0 Å². The van der Waals surface area contributed by atoms with Crippen LogP contribution in [-0.2, 0) is 9.59 Å². The molecular weight excluding hydrogens is 244 g/mol. The van der Waals surface area contributed by atoms with Gasteiger partial charge in [0.25, 0.3) is 0 Å². The lowest BCUT2D eigenvalue weighted by atomic mass is 9.91. The molecule has 0 aromatic rings. The van der Waals surface area contributed by atoms with E-state index in [1.807, 2.05) is 20.8 Å². The van der Waals surface area contributed by atoms with Gasteiger partial charge in [-0.3, -0.25) is 9.59 Å². The van der Waals surface area contributed by atoms with Gasteiger partial charge >= 0.3 is 5.97 Å². The first-order valence-electron chi connectivity index (χ1n) is 7.00. The van der Waals surface area contributed by atoms with Gasteiger partial charge < -0.3 is 15.3 Å². The molecule has 1 amide bonds. The molecule has 0 bridgehead atoms. The SMILES string of the molecule is CC(C)(C)N(CC(=O)O)C(=O)C1CC12CCNCC2. The molecule has 108 valence electrons. The number of rotatable bonds is 3. The summed E-state index contributed by atoms with van der Waals surface area (Å²) in [5.74, 6) is -0.881. The molecular formula is C14H24N2O3. The highest BCUT2D eigenvalue weighted by atomic mass is 16.4. The molecule has 2 N–H and O–H groups in total. The van der Waals surface area contributed by atoms with E-state index in [2.05, 4.69) is 5.32 Å². The van der Waals surface area contributed by atoms with Crippen LogP contribution < -0.4 is 5.32 Å². The molecule has 1 aliphatic heterocycles. The van der Waals surface area contributed by atoms with E-state index in [4.69, 9.17) is 5.11 Å². The summed E-state index contributed by atoms with van der Waals surface area (Å²) in [5.41, 5.74) is -0.281. The van der Waals surface area contributed by atoms with Gasteiger partial charge in [0, 0.05) is 11.5 Å². The maximum Gasteiger partial charge on any atom is 0.323 e. The van der Waals surface area contributed by atoms with Crippen LogP contribution in [0, 0.1) is 11.3 Å². The Hall–Kier alpha value is -1.10. The lowest BCUT2D eigenvalue weighted by molar-refractivity contribution is -0.149. The fraction of sp³-hybridized carbons (Fsp3) is 0.857. The summed E-state index contributed by atoms with van der Waals surface area (Å²) in [6.45, 7) is 7.42. The molecule has 1 saturated heterocycles. The number of hydrogen-bond acceptors (Lipinski definition) is 3. The number of nitrogens with one attached hydrogen (secondary N) is 1. The van der Waals surface area contributed by atoms with Crippen LogP contribution >= 0.6 is 0 Å². The zero-order valence-corrected chi connectivity index (χ0v) is 12.0. The predicted molar refractivity (Wildman–Crippen MR) is 71.7 cm³/mol. The second-order valence-electron chi connectivity index (χ2n) is 6.86. The van der Waals surface area contributed by atoms with Crippen molar-refractivity contribution in [2.75, 3.05) is 19.6 Å². The van der Waals surface area contributed by atoms with Crippen LogP contribution in [-0.4, -0.2) is 47.1 Å². The third-order valence-electron chi connectivity index (χ3n) is 4.46. The third kappa shape index (κ3) is 2.91. The summed E-state index contributed by atoms with van der Waals surface area (Å²) in [6, 6.07) is 0. The molecule has 0 aromatic carbocycles. The predicted octanol–water partition coefficient (Wildman–Crippen LogP) is 1.09. The Balaban J connectivity index is 2.07. The van der Waals surface area contributed by atoms with Gasteiger partial charge in [-0.1, -0.05) is 0 Å². The molecule has 1 spiro atoms. The first-order chi connectivity index (χ1) is 8.76. The van der Waals surface area contributed by atoms with Crippen molar-refractivity contribution >= 4 is 11.9 Å². The number of carbonyl (C=O) groups is 2. The fourth-order valence-electron chi connectivity index (χ4n) is 3.14. The summed E-state index contributed by atoms with van der Waals surface area (Å²) in [6.07, 6.45) is 3.00. The van der Waals surface area contributed by atoms with E-state index in [0.717, 1.165) is 32.4 Å². The summed E-state index contributed by atoms with van der Waals surface area (Å²) in [5, 5.41) is 12.3. The third-order valence-corrected chi connectivity index (χ3v) is 4.46. The van der Waals surface area contributed by atoms with Crippen LogP contribution in [0.3, 0.4) is 0 Å². The van der Waals surface area contributed by atoms with Gasteiger partial charge in [0.15, 0.2) is 0 Å².